The number of aliphatic carboxylic acids is 1. The zero-order valence-electron chi connectivity index (χ0n) is 9.45. The average molecular weight is 225 g/mol. The van der Waals surface area contributed by atoms with E-state index in [0.717, 1.165) is 6.42 Å². The van der Waals surface area contributed by atoms with Gasteiger partial charge >= 0.3 is 5.97 Å². The molecule has 0 aromatic rings. The number of hydrogen-bond acceptors (Lipinski definition) is 2. The molecule has 2 aliphatic rings. The lowest BCUT2D eigenvalue weighted by Gasteiger charge is -2.25. The molecule has 2 aliphatic carbocycles. The third-order valence-corrected chi connectivity index (χ3v) is 3.85. The lowest BCUT2D eigenvalue weighted by molar-refractivity contribution is -0.141. The highest BCUT2D eigenvalue weighted by Gasteiger charge is 2.31. The summed E-state index contributed by atoms with van der Waals surface area (Å²) < 4.78 is 0. The zero-order valence-corrected chi connectivity index (χ0v) is 9.45. The van der Waals surface area contributed by atoms with Crippen molar-refractivity contribution in [1.82, 2.24) is 5.32 Å². The van der Waals surface area contributed by atoms with Crippen molar-refractivity contribution in [3.8, 4) is 0 Å². The number of carboxylic acid groups (broad SMARTS) is 1. The summed E-state index contributed by atoms with van der Waals surface area (Å²) in [6.45, 7) is 0. The highest BCUT2D eigenvalue weighted by Crippen LogP contribution is 2.30. The minimum atomic E-state index is -0.726. The summed E-state index contributed by atoms with van der Waals surface area (Å²) in [5.41, 5.74) is 0. The van der Waals surface area contributed by atoms with Crippen molar-refractivity contribution in [3.05, 3.63) is 0 Å². The first-order chi connectivity index (χ1) is 7.65. The second-order valence-electron chi connectivity index (χ2n) is 5.11. The summed E-state index contributed by atoms with van der Waals surface area (Å²) in [6.07, 6.45) is 6.35. The van der Waals surface area contributed by atoms with Gasteiger partial charge in [0.1, 0.15) is 0 Å². The zero-order chi connectivity index (χ0) is 11.5. The lowest BCUT2D eigenvalue weighted by atomic mass is 9.83. The molecule has 0 heterocycles. The normalized spacial score (nSPS) is 29.8. The molecule has 0 radical (unpaired) electrons. The maximum Gasteiger partial charge on any atom is 0.306 e. The smallest absolute Gasteiger partial charge is 0.306 e. The number of rotatable bonds is 4. The molecule has 2 atom stereocenters. The van der Waals surface area contributed by atoms with Crippen LogP contribution >= 0.6 is 0 Å². The van der Waals surface area contributed by atoms with Gasteiger partial charge in [-0.1, -0.05) is 6.42 Å². The van der Waals surface area contributed by atoms with Crippen LogP contribution < -0.4 is 5.32 Å². The molecule has 2 N–H and O–H groups in total. The molecule has 2 fully saturated rings. The predicted octanol–water partition coefficient (Wildman–Crippen LogP) is 1.55. The van der Waals surface area contributed by atoms with Crippen molar-refractivity contribution in [2.75, 3.05) is 0 Å². The maximum absolute atomic E-state index is 11.6. The van der Waals surface area contributed by atoms with Crippen molar-refractivity contribution in [2.45, 2.75) is 51.0 Å². The second kappa shape index (κ2) is 4.85. The fourth-order valence-electron chi connectivity index (χ4n) is 2.58. The van der Waals surface area contributed by atoms with Gasteiger partial charge in [0.15, 0.2) is 0 Å². The lowest BCUT2D eigenvalue weighted by Crippen LogP contribution is -2.35. The average Bonchev–Trinajstić information content (AvgIpc) is 2.60. The molecular weight excluding hydrogens is 206 g/mol. The number of amides is 1. The Morgan fingerprint density at radius 2 is 1.94 bits per heavy atom. The number of carbonyl (C=O) groups excluding carboxylic acids is 1. The first kappa shape index (κ1) is 11.4. The van der Waals surface area contributed by atoms with E-state index in [2.05, 4.69) is 5.32 Å². The van der Waals surface area contributed by atoms with E-state index in [4.69, 9.17) is 5.11 Å². The molecule has 0 saturated heterocycles. The monoisotopic (exact) mass is 225 g/mol. The molecule has 4 heteroatoms. The van der Waals surface area contributed by atoms with E-state index in [1.54, 1.807) is 0 Å². The number of carbonyl (C=O) groups is 2. The van der Waals surface area contributed by atoms with E-state index < -0.39 is 5.97 Å². The van der Waals surface area contributed by atoms with E-state index in [0.29, 0.717) is 25.2 Å². The molecule has 0 bridgehead atoms. The van der Waals surface area contributed by atoms with Crippen LogP contribution in [0, 0.1) is 11.8 Å². The molecule has 2 saturated carbocycles. The Labute approximate surface area is 95.4 Å². The van der Waals surface area contributed by atoms with Crippen LogP contribution in [0.1, 0.15) is 44.9 Å². The van der Waals surface area contributed by atoms with Gasteiger partial charge in [-0.15, -0.1) is 0 Å². The van der Waals surface area contributed by atoms with Gasteiger partial charge in [0.2, 0.25) is 5.91 Å². The molecule has 4 nitrogen and oxygen atoms in total. The van der Waals surface area contributed by atoms with E-state index in [1.807, 2.05) is 0 Å². The minimum Gasteiger partial charge on any atom is -0.481 e. The van der Waals surface area contributed by atoms with Crippen LogP contribution in [0.4, 0.5) is 0 Å². The fraction of sp³-hybridized carbons (Fsp3) is 0.833. The molecule has 0 aliphatic heterocycles. The van der Waals surface area contributed by atoms with Crippen LogP contribution in [-0.2, 0) is 9.59 Å². The molecule has 0 aromatic carbocycles. The van der Waals surface area contributed by atoms with Crippen molar-refractivity contribution >= 4 is 11.9 Å². The van der Waals surface area contributed by atoms with E-state index in [-0.39, 0.29) is 17.9 Å². The van der Waals surface area contributed by atoms with Crippen LogP contribution in [0.25, 0.3) is 0 Å². The Morgan fingerprint density at radius 1 is 1.19 bits per heavy atom. The Hall–Kier alpha value is -1.06. The van der Waals surface area contributed by atoms with Gasteiger partial charge < -0.3 is 10.4 Å². The summed E-state index contributed by atoms with van der Waals surface area (Å²) in [6, 6.07) is 0.0914. The molecule has 16 heavy (non-hydrogen) atoms. The van der Waals surface area contributed by atoms with E-state index >= 15 is 0 Å². The van der Waals surface area contributed by atoms with Crippen LogP contribution in [0.2, 0.25) is 0 Å². The summed E-state index contributed by atoms with van der Waals surface area (Å²) >= 11 is 0. The molecule has 0 aromatic heterocycles. The number of carboxylic acids is 1. The minimum absolute atomic E-state index is 0.0914. The van der Waals surface area contributed by atoms with Gasteiger partial charge in [0, 0.05) is 12.5 Å². The van der Waals surface area contributed by atoms with Gasteiger partial charge in [0.05, 0.1) is 5.92 Å². The maximum atomic E-state index is 11.6. The number of hydrogen-bond donors (Lipinski definition) is 2. The van der Waals surface area contributed by atoms with Crippen molar-refractivity contribution < 1.29 is 14.7 Å². The van der Waals surface area contributed by atoms with Crippen molar-refractivity contribution in [3.63, 3.8) is 0 Å². The molecular formula is C12H19NO3. The first-order valence-corrected chi connectivity index (χ1v) is 6.17. The Balaban J connectivity index is 1.69. The van der Waals surface area contributed by atoms with Crippen LogP contribution in [0.15, 0.2) is 0 Å². The Bertz CT molecular complexity index is 286. The quantitative estimate of drug-likeness (QED) is 0.762. The Morgan fingerprint density at radius 3 is 2.44 bits per heavy atom. The van der Waals surface area contributed by atoms with Gasteiger partial charge in [-0.2, -0.15) is 0 Å². The molecule has 2 rings (SSSR count). The third kappa shape index (κ3) is 2.74. The number of nitrogens with one attached hydrogen (secondary N) is 1. The SMILES string of the molecule is O=C(CC1CCC1)NC1CCC(C(=O)O)C1. The molecule has 2 unspecified atom stereocenters. The van der Waals surface area contributed by atoms with Crippen LogP contribution in [-0.4, -0.2) is 23.0 Å². The van der Waals surface area contributed by atoms with Gasteiger partial charge in [0.25, 0.3) is 0 Å². The predicted molar refractivity (Wildman–Crippen MR) is 58.9 cm³/mol. The Kier molecular flexibility index (Phi) is 3.46. The van der Waals surface area contributed by atoms with Crippen molar-refractivity contribution in [2.24, 2.45) is 11.8 Å². The molecule has 0 spiro atoms. The van der Waals surface area contributed by atoms with Crippen molar-refractivity contribution in [1.29, 1.82) is 0 Å². The molecule has 1 amide bonds. The fourth-order valence-corrected chi connectivity index (χ4v) is 2.58. The summed E-state index contributed by atoms with van der Waals surface area (Å²) in [5, 5.41) is 11.8. The third-order valence-electron chi connectivity index (χ3n) is 3.85. The highest BCUT2D eigenvalue weighted by atomic mass is 16.4. The van der Waals surface area contributed by atoms with Crippen LogP contribution in [0.3, 0.4) is 0 Å². The van der Waals surface area contributed by atoms with Gasteiger partial charge in [-0.25, -0.2) is 0 Å². The summed E-state index contributed by atoms with van der Waals surface area (Å²) in [4.78, 5) is 22.4. The van der Waals surface area contributed by atoms with Crippen LogP contribution in [0.5, 0.6) is 0 Å². The van der Waals surface area contributed by atoms with E-state index in [9.17, 15) is 9.59 Å². The topological polar surface area (TPSA) is 66.4 Å². The summed E-state index contributed by atoms with van der Waals surface area (Å²) in [5.74, 6) is -0.290. The second-order valence-corrected chi connectivity index (χ2v) is 5.11. The first-order valence-electron chi connectivity index (χ1n) is 6.17. The van der Waals surface area contributed by atoms with Gasteiger partial charge in [-0.05, 0) is 38.0 Å². The van der Waals surface area contributed by atoms with E-state index in [1.165, 1.54) is 19.3 Å². The summed E-state index contributed by atoms with van der Waals surface area (Å²) in [7, 11) is 0. The standard InChI is InChI=1S/C12H19NO3/c14-11(6-8-2-1-3-8)13-10-5-4-9(7-10)12(15)16/h8-10H,1-7H2,(H,13,14)(H,15,16). The van der Waals surface area contributed by atoms with Gasteiger partial charge in [-0.3, -0.25) is 9.59 Å². The largest absolute Gasteiger partial charge is 0.481 e. The molecule has 90 valence electrons. The highest BCUT2D eigenvalue weighted by molar-refractivity contribution is 5.77.